The molecular weight excluding hydrogens is 278 g/mol. The van der Waals surface area contributed by atoms with Crippen molar-refractivity contribution in [3.63, 3.8) is 0 Å². The summed E-state index contributed by atoms with van der Waals surface area (Å²) in [5.41, 5.74) is -0.0906. The van der Waals surface area contributed by atoms with Gasteiger partial charge in [-0.2, -0.15) is 5.10 Å². The SMILES string of the molecule is Cc1ccc([N+](=O)[O-])cc1-n1nc(C(=O)O)c(=O)cc1C. The number of nitro benzene ring substituents is 1. The third-order valence-electron chi connectivity index (χ3n) is 2.94. The van der Waals surface area contributed by atoms with Crippen LogP contribution in [0.3, 0.4) is 0 Å². The first-order valence-electron chi connectivity index (χ1n) is 5.91. The average Bonchev–Trinajstić information content (AvgIpc) is 2.39. The summed E-state index contributed by atoms with van der Waals surface area (Å²) in [6.07, 6.45) is 0. The highest BCUT2D eigenvalue weighted by molar-refractivity contribution is 5.85. The third kappa shape index (κ3) is 2.64. The maximum absolute atomic E-state index is 11.6. The first-order valence-corrected chi connectivity index (χ1v) is 5.91. The van der Waals surface area contributed by atoms with Gasteiger partial charge in [0.1, 0.15) is 0 Å². The Morgan fingerprint density at radius 2 is 2.00 bits per heavy atom. The van der Waals surface area contributed by atoms with E-state index in [4.69, 9.17) is 5.11 Å². The molecule has 0 fully saturated rings. The smallest absolute Gasteiger partial charge is 0.360 e. The molecule has 1 aromatic carbocycles. The normalized spacial score (nSPS) is 10.4. The van der Waals surface area contributed by atoms with Crippen molar-refractivity contribution in [2.45, 2.75) is 13.8 Å². The number of nitro groups is 1. The number of carboxylic acid groups (broad SMARTS) is 1. The largest absolute Gasteiger partial charge is 0.476 e. The number of hydrogen-bond acceptors (Lipinski definition) is 5. The van der Waals surface area contributed by atoms with Crippen molar-refractivity contribution in [3.8, 4) is 5.69 Å². The van der Waals surface area contributed by atoms with Crippen molar-refractivity contribution >= 4 is 11.7 Å². The number of aromatic nitrogens is 2. The lowest BCUT2D eigenvalue weighted by Gasteiger charge is -2.12. The van der Waals surface area contributed by atoms with Crippen LogP contribution in [0.5, 0.6) is 0 Å². The molecule has 1 aromatic heterocycles. The number of carboxylic acids is 1. The Labute approximate surface area is 118 Å². The highest BCUT2D eigenvalue weighted by Gasteiger charge is 2.16. The first kappa shape index (κ1) is 14.4. The lowest BCUT2D eigenvalue weighted by molar-refractivity contribution is -0.384. The zero-order chi connectivity index (χ0) is 15.7. The van der Waals surface area contributed by atoms with Crippen molar-refractivity contribution in [2.75, 3.05) is 0 Å². The van der Waals surface area contributed by atoms with Crippen LogP contribution in [-0.4, -0.2) is 25.8 Å². The Balaban J connectivity index is 2.75. The summed E-state index contributed by atoms with van der Waals surface area (Å²) < 4.78 is 1.22. The molecule has 0 amide bonds. The van der Waals surface area contributed by atoms with E-state index >= 15 is 0 Å². The van der Waals surface area contributed by atoms with Crippen molar-refractivity contribution in [1.82, 2.24) is 9.78 Å². The van der Waals surface area contributed by atoms with Gasteiger partial charge in [0, 0.05) is 23.9 Å². The summed E-state index contributed by atoms with van der Waals surface area (Å²) in [6.45, 7) is 3.27. The Kier molecular flexibility index (Phi) is 3.53. The molecule has 0 spiro atoms. The zero-order valence-electron chi connectivity index (χ0n) is 11.2. The molecular formula is C13H11N3O5. The second kappa shape index (κ2) is 5.16. The van der Waals surface area contributed by atoms with Crippen LogP contribution in [0.1, 0.15) is 21.7 Å². The molecule has 21 heavy (non-hydrogen) atoms. The molecule has 0 aliphatic rings. The number of nitrogens with zero attached hydrogens (tertiary/aromatic N) is 3. The molecule has 0 radical (unpaired) electrons. The molecule has 0 unspecified atom stereocenters. The Bertz CT molecular complexity index is 810. The molecule has 1 heterocycles. The van der Waals surface area contributed by atoms with Crippen LogP contribution >= 0.6 is 0 Å². The number of aromatic carboxylic acids is 1. The molecule has 108 valence electrons. The summed E-state index contributed by atoms with van der Waals surface area (Å²) in [6, 6.07) is 5.29. The maximum Gasteiger partial charge on any atom is 0.360 e. The number of hydrogen-bond donors (Lipinski definition) is 1. The highest BCUT2D eigenvalue weighted by Crippen LogP contribution is 2.21. The maximum atomic E-state index is 11.6. The minimum Gasteiger partial charge on any atom is -0.476 e. The predicted octanol–water partition coefficient (Wildman–Crippen LogP) is 1.46. The van der Waals surface area contributed by atoms with Gasteiger partial charge in [-0.3, -0.25) is 14.9 Å². The molecule has 0 aliphatic heterocycles. The second-order valence-electron chi connectivity index (χ2n) is 4.44. The minimum atomic E-state index is -1.45. The van der Waals surface area contributed by atoms with Crippen molar-refractivity contribution < 1.29 is 14.8 Å². The molecule has 0 saturated heterocycles. The van der Waals surface area contributed by atoms with E-state index in [1.54, 1.807) is 13.8 Å². The molecule has 8 heteroatoms. The van der Waals surface area contributed by atoms with Gasteiger partial charge in [-0.25, -0.2) is 9.48 Å². The van der Waals surface area contributed by atoms with Crippen LogP contribution in [0.25, 0.3) is 5.69 Å². The quantitative estimate of drug-likeness (QED) is 0.675. The standard InChI is InChI=1S/C13H11N3O5/c1-7-3-4-9(16(20)21)6-10(7)15-8(2)5-11(17)12(14-15)13(18)19/h3-6H,1-2H3,(H,18,19). The van der Waals surface area contributed by atoms with E-state index in [0.717, 1.165) is 6.07 Å². The lowest BCUT2D eigenvalue weighted by Crippen LogP contribution is -2.22. The molecule has 1 N–H and O–H groups in total. The van der Waals surface area contributed by atoms with Gasteiger partial charge in [0.25, 0.3) is 5.69 Å². The van der Waals surface area contributed by atoms with E-state index in [1.807, 2.05) is 0 Å². The summed E-state index contributed by atoms with van der Waals surface area (Å²) in [5, 5.41) is 23.6. The first-order chi connectivity index (χ1) is 9.81. The van der Waals surface area contributed by atoms with Crippen LogP contribution in [-0.2, 0) is 0 Å². The van der Waals surface area contributed by atoms with Gasteiger partial charge in [0.2, 0.25) is 11.1 Å². The zero-order valence-corrected chi connectivity index (χ0v) is 11.2. The van der Waals surface area contributed by atoms with E-state index in [-0.39, 0.29) is 5.69 Å². The van der Waals surface area contributed by atoms with E-state index in [9.17, 15) is 19.7 Å². The Morgan fingerprint density at radius 3 is 2.57 bits per heavy atom. The molecule has 2 aromatic rings. The summed E-state index contributed by atoms with van der Waals surface area (Å²) in [7, 11) is 0. The van der Waals surface area contributed by atoms with Gasteiger partial charge < -0.3 is 5.11 Å². The van der Waals surface area contributed by atoms with Crippen molar-refractivity contribution in [3.05, 3.63) is 61.6 Å². The van der Waals surface area contributed by atoms with Crippen LogP contribution in [0.4, 0.5) is 5.69 Å². The molecule has 8 nitrogen and oxygen atoms in total. The summed E-state index contributed by atoms with van der Waals surface area (Å²) in [4.78, 5) is 32.8. The number of rotatable bonds is 3. The van der Waals surface area contributed by atoms with Gasteiger partial charge in [-0.05, 0) is 19.4 Å². The topological polar surface area (TPSA) is 115 Å². The molecule has 0 aliphatic carbocycles. The molecule has 0 bridgehead atoms. The summed E-state index contributed by atoms with van der Waals surface area (Å²) >= 11 is 0. The Hall–Kier alpha value is -3.03. The van der Waals surface area contributed by atoms with Crippen molar-refractivity contribution in [2.24, 2.45) is 0 Å². The molecule has 0 atom stereocenters. The number of aryl methyl sites for hydroxylation is 2. The molecule has 2 rings (SSSR count). The molecule has 0 saturated carbocycles. The third-order valence-corrected chi connectivity index (χ3v) is 2.94. The van der Waals surface area contributed by atoms with Crippen LogP contribution in [0, 0.1) is 24.0 Å². The second-order valence-corrected chi connectivity index (χ2v) is 4.44. The van der Waals surface area contributed by atoms with E-state index in [1.165, 1.54) is 22.9 Å². The average molecular weight is 289 g/mol. The van der Waals surface area contributed by atoms with Crippen LogP contribution in [0.2, 0.25) is 0 Å². The monoisotopic (exact) mass is 289 g/mol. The number of carbonyl (C=O) groups is 1. The van der Waals surface area contributed by atoms with Gasteiger partial charge >= 0.3 is 5.97 Å². The Morgan fingerprint density at radius 1 is 1.33 bits per heavy atom. The minimum absolute atomic E-state index is 0.146. The summed E-state index contributed by atoms with van der Waals surface area (Å²) in [5.74, 6) is -1.45. The fraction of sp³-hybridized carbons (Fsp3) is 0.154. The number of non-ortho nitro benzene ring substituents is 1. The highest BCUT2D eigenvalue weighted by atomic mass is 16.6. The van der Waals surface area contributed by atoms with Crippen LogP contribution < -0.4 is 5.43 Å². The van der Waals surface area contributed by atoms with E-state index < -0.39 is 22.0 Å². The lowest BCUT2D eigenvalue weighted by atomic mass is 10.1. The predicted molar refractivity (Wildman–Crippen MR) is 72.9 cm³/mol. The van der Waals surface area contributed by atoms with Gasteiger partial charge in [-0.1, -0.05) is 6.07 Å². The van der Waals surface area contributed by atoms with Crippen molar-refractivity contribution in [1.29, 1.82) is 0 Å². The van der Waals surface area contributed by atoms with Gasteiger partial charge in [-0.15, -0.1) is 0 Å². The fourth-order valence-electron chi connectivity index (χ4n) is 1.88. The number of benzene rings is 1. The van der Waals surface area contributed by atoms with E-state index in [2.05, 4.69) is 5.10 Å². The van der Waals surface area contributed by atoms with E-state index in [0.29, 0.717) is 16.9 Å². The van der Waals surface area contributed by atoms with Gasteiger partial charge in [0.15, 0.2) is 0 Å². The van der Waals surface area contributed by atoms with Crippen LogP contribution in [0.15, 0.2) is 29.1 Å². The fourth-order valence-corrected chi connectivity index (χ4v) is 1.88. The van der Waals surface area contributed by atoms with Gasteiger partial charge in [0.05, 0.1) is 10.6 Å².